The molecule has 4 heteroatoms. The van der Waals surface area contributed by atoms with Gasteiger partial charge in [-0.05, 0) is 30.2 Å². The standard InChI is InChI=1S/C16H20N4/c1-13-4-2-7-19-15(13)16(14-5-3-6-18-12-14)20-10-8-17-9-11-20/h2-7,12,16-17H,8-11H2,1H3. The van der Waals surface area contributed by atoms with Crippen molar-refractivity contribution in [1.82, 2.24) is 20.2 Å². The third kappa shape index (κ3) is 2.71. The van der Waals surface area contributed by atoms with Crippen LogP contribution in [-0.4, -0.2) is 41.0 Å². The zero-order valence-electron chi connectivity index (χ0n) is 11.8. The Morgan fingerprint density at radius 1 is 1.15 bits per heavy atom. The number of hydrogen-bond donors (Lipinski definition) is 1. The van der Waals surface area contributed by atoms with Gasteiger partial charge in [0, 0.05) is 44.8 Å². The van der Waals surface area contributed by atoms with Crippen LogP contribution in [0.15, 0.2) is 42.9 Å². The number of piperazine rings is 1. The van der Waals surface area contributed by atoms with Crippen LogP contribution >= 0.6 is 0 Å². The molecule has 1 atom stereocenters. The van der Waals surface area contributed by atoms with Crippen molar-refractivity contribution in [3.63, 3.8) is 0 Å². The summed E-state index contributed by atoms with van der Waals surface area (Å²) in [5, 5.41) is 3.41. The minimum Gasteiger partial charge on any atom is -0.314 e. The second-order valence-electron chi connectivity index (χ2n) is 5.18. The lowest BCUT2D eigenvalue weighted by Crippen LogP contribution is -2.45. The topological polar surface area (TPSA) is 41.1 Å². The van der Waals surface area contributed by atoms with Crippen LogP contribution < -0.4 is 5.32 Å². The lowest BCUT2D eigenvalue weighted by molar-refractivity contribution is 0.195. The number of nitrogens with zero attached hydrogens (tertiary/aromatic N) is 3. The highest BCUT2D eigenvalue weighted by Crippen LogP contribution is 2.28. The fraction of sp³-hybridized carbons (Fsp3) is 0.375. The Morgan fingerprint density at radius 2 is 1.95 bits per heavy atom. The number of nitrogens with one attached hydrogen (secondary N) is 1. The van der Waals surface area contributed by atoms with Gasteiger partial charge in [-0.3, -0.25) is 14.9 Å². The van der Waals surface area contributed by atoms with E-state index >= 15 is 0 Å². The van der Waals surface area contributed by atoms with Crippen molar-refractivity contribution >= 4 is 0 Å². The number of rotatable bonds is 3. The van der Waals surface area contributed by atoms with Gasteiger partial charge in [-0.25, -0.2) is 0 Å². The van der Waals surface area contributed by atoms with E-state index in [-0.39, 0.29) is 6.04 Å². The summed E-state index contributed by atoms with van der Waals surface area (Å²) in [6, 6.07) is 8.48. The SMILES string of the molecule is Cc1cccnc1C(c1cccnc1)N1CCNCC1. The predicted molar refractivity (Wildman–Crippen MR) is 79.5 cm³/mol. The Kier molecular flexibility index (Phi) is 4.04. The Morgan fingerprint density at radius 3 is 2.65 bits per heavy atom. The van der Waals surface area contributed by atoms with Gasteiger partial charge in [0.15, 0.2) is 0 Å². The number of aromatic nitrogens is 2. The molecule has 1 fully saturated rings. The minimum absolute atomic E-state index is 0.201. The van der Waals surface area contributed by atoms with Crippen molar-refractivity contribution in [2.24, 2.45) is 0 Å². The van der Waals surface area contributed by atoms with Gasteiger partial charge in [-0.2, -0.15) is 0 Å². The Balaban J connectivity index is 2.01. The van der Waals surface area contributed by atoms with Gasteiger partial charge in [-0.1, -0.05) is 12.1 Å². The maximum Gasteiger partial charge on any atom is 0.0794 e. The van der Waals surface area contributed by atoms with Crippen molar-refractivity contribution in [2.45, 2.75) is 13.0 Å². The molecule has 2 aromatic heterocycles. The molecule has 0 spiro atoms. The Labute approximate surface area is 119 Å². The smallest absolute Gasteiger partial charge is 0.0794 e. The van der Waals surface area contributed by atoms with E-state index in [4.69, 9.17) is 0 Å². The van der Waals surface area contributed by atoms with Crippen LogP contribution in [0.3, 0.4) is 0 Å². The van der Waals surface area contributed by atoms with Crippen molar-refractivity contribution in [3.05, 3.63) is 59.7 Å². The van der Waals surface area contributed by atoms with Crippen LogP contribution in [0.4, 0.5) is 0 Å². The van der Waals surface area contributed by atoms with Gasteiger partial charge in [-0.15, -0.1) is 0 Å². The largest absolute Gasteiger partial charge is 0.314 e. The summed E-state index contributed by atoms with van der Waals surface area (Å²) in [6.07, 6.45) is 5.66. The van der Waals surface area contributed by atoms with E-state index in [1.165, 1.54) is 11.1 Å². The molecule has 1 unspecified atom stereocenters. The van der Waals surface area contributed by atoms with Crippen LogP contribution in [0.1, 0.15) is 22.9 Å². The second-order valence-corrected chi connectivity index (χ2v) is 5.18. The summed E-state index contributed by atoms with van der Waals surface area (Å²) < 4.78 is 0. The second kappa shape index (κ2) is 6.11. The third-order valence-electron chi connectivity index (χ3n) is 3.83. The molecule has 1 saturated heterocycles. The quantitative estimate of drug-likeness (QED) is 0.921. The predicted octanol–water partition coefficient (Wildman–Crippen LogP) is 1.78. The molecular formula is C16H20N4. The molecule has 3 heterocycles. The summed E-state index contributed by atoms with van der Waals surface area (Å²) in [5.74, 6) is 0. The molecule has 1 aliphatic rings. The van der Waals surface area contributed by atoms with E-state index in [1.807, 2.05) is 30.7 Å². The fourth-order valence-electron chi connectivity index (χ4n) is 2.80. The maximum absolute atomic E-state index is 4.64. The molecule has 104 valence electrons. The number of pyridine rings is 2. The molecule has 3 rings (SSSR count). The van der Waals surface area contributed by atoms with Crippen LogP contribution in [0.2, 0.25) is 0 Å². The van der Waals surface area contributed by atoms with E-state index in [0.29, 0.717) is 0 Å². The van der Waals surface area contributed by atoms with Crippen LogP contribution in [-0.2, 0) is 0 Å². The molecule has 20 heavy (non-hydrogen) atoms. The molecule has 0 bridgehead atoms. The first-order valence-corrected chi connectivity index (χ1v) is 7.12. The molecule has 0 saturated carbocycles. The molecule has 1 aliphatic heterocycles. The fourth-order valence-corrected chi connectivity index (χ4v) is 2.80. The highest BCUT2D eigenvalue weighted by molar-refractivity contribution is 5.30. The monoisotopic (exact) mass is 268 g/mol. The first-order valence-electron chi connectivity index (χ1n) is 7.12. The van der Waals surface area contributed by atoms with E-state index in [0.717, 1.165) is 31.9 Å². The van der Waals surface area contributed by atoms with E-state index < -0.39 is 0 Å². The van der Waals surface area contributed by atoms with Crippen molar-refractivity contribution in [2.75, 3.05) is 26.2 Å². The molecule has 0 radical (unpaired) electrons. The molecule has 0 aliphatic carbocycles. The normalized spacial score (nSPS) is 17.9. The average molecular weight is 268 g/mol. The van der Waals surface area contributed by atoms with E-state index in [9.17, 15) is 0 Å². The van der Waals surface area contributed by atoms with Gasteiger partial charge in [0.1, 0.15) is 0 Å². The van der Waals surface area contributed by atoms with Gasteiger partial charge < -0.3 is 5.32 Å². The lowest BCUT2D eigenvalue weighted by atomic mass is 9.99. The summed E-state index contributed by atoms with van der Waals surface area (Å²) in [4.78, 5) is 11.4. The molecule has 0 aromatic carbocycles. The molecule has 1 N–H and O–H groups in total. The van der Waals surface area contributed by atoms with Crippen LogP contribution in [0.5, 0.6) is 0 Å². The number of hydrogen-bond acceptors (Lipinski definition) is 4. The summed E-state index contributed by atoms with van der Waals surface area (Å²) in [6.45, 7) is 6.27. The molecular weight excluding hydrogens is 248 g/mol. The minimum atomic E-state index is 0.201. The maximum atomic E-state index is 4.64. The average Bonchev–Trinajstić information content (AvgIpc) is 2.52. The number of aryl methyl sites for hydroxylation is 1. The van der Waals surface area contributed by atoms with Crippen LogP contribution in [0.25, 0.3) is 0 Å². The first kappa shape index (κ1) is 13.2. The van der Waals surface area contributed by atoms with Crippen LogP contribution in [0, 0.1) is 6.92 Å². The van der Waals surface area contributed by atoms with Gasteiger partial charge in [0.2, 0.25) is 0 Å². The zero-order chi connectivity index (χ0) is 13.8. The highest BCUT2D eigenvalue weighted by atomic mass is 15.2. The van der Waals surface area contributed by atoms with Gasteiger partial charge in [0.25, 0.3) is 0 Å². The summed E-state index contributed by atoms with van der Waals surface area (Å²) in [7, 11) is 0. The molecule has 4 nitrogen and oxygen atoms in total. The molecule has 2 aromatic rings. The van der Waals surface area contributed by atoms with Crippen molar-refractivity contribution in [1.29, 1.82) is 0 Å². The van der Waals surface area contributed by atoms with Crippen molar-refractivity contribution in [3.8, 4) is 0 Å². The summed E-state index contributed by atoms with van der Waals surface area (Å²) >= 11 is 0. The van der Waals surface area contributed by atoms with E-state index in [2.05, 4.69) is 39.2 Å². The van der Waals surface area contributed by atoms with E-state index in [1.54, 1.807) is 0 Å². The Hall–Kier alpha value is -1.78. The zero-order valence-corrected chi connectivity index (χ0v) is 11.8. The Bertz CT molecular complexity index is 549. The highest BCUT2D eigenvalue weighted by Gasteiger charge is 2.26. The van der Waals surface area contributed by atoms with Gasteiger partial charge in [0.05, 0.1) is 11.7 Å². The van der Waals surface area contributed by atoms with Crippen molar-refractivity contribution < 1.29 is 0 Å². The van der Waals surface area contributed by atoms with Gasteiger partial charge >= 0.3 is 0 Å². The third-order valence-corrected chi connectivity index (χ3v) is 3.83. The molecule has 0 amide bonds. The first-order chi connectivity index (χ1) is 9.86. The lowest BCUT2D eigenvalue weighted by Gasteiger charge is -2.35. The summed E-state index contributed by atoms with van der Waals surface area (Å²) in [5.41, 5.74) is 3.60.